The Kier molecular flexibility index (Phi) is 3.91. The number of rotatable bonds is 3. The molecule has 0 amide bonds. The molecule has 0 aliphatic heterocycles. The monoisotopic (exact) mass is 387 g/mol. The third kappa shape index (κ3) is 2.75. The van der Waals surface area contributed by atoms with E-state index in [1.54, 1.807) is 24.5 Å². The van der Waals surface area contributed by atoms with Crippen molar-refractivity contribution in [3.8, 4) is 22.9 Å². The average molecular weight is 388 g/mol. The van der Waals surface area contributed by atoms with Crippen LogP contribution in [0.1, 0.15) is 5.69 Å². The van der Waals surface area contributed by atoms with Crippen molar-refractivity contribution in [2.45, 2.75) is 6.92 Å². The Morgan fingerprint density at radius 3 is 2.57 bits per heavy atom. The largest absolute Gasteiger partial charge is 0.457 e. The predicted molar refractivity (Wildman–Crippen MR) is 108 cm³/mol. The molecule has 2 aromatic carbocycles. The first-order valence-corrected chi connectivity index (χ1v) is 9.07. The fraction of sp³-hybridized carbons (Fsp3) is 0.0476. The van der Waals surface area contributed by atoms with Crippen molar-refractivity contribution in [3.05, 3.63) is 77.7 Å². The van der Waals surface area contributed by atoms with Crippen LogP contribution in [-0.2, 0) is 0 Å². The maximum absolute atomic E-state index is 6.42. The van der Waals surface area contributed by atoms with Crippen LogP contribution in [0.4, 0.5) is 0 Å². The zero-order valence-electron chi connectivity index (χ0n) is 14.9. The zero-order chi connectivity index (χ0) is 19.1. The van der Waals surface area contributed by atoms with Crippen LogP contribution in [0.5, 0.6) is 11.5 Å². The van der Waals surface area contributed by atoms with Gasteiger partial charge in [0.2, 0.25) is 0 Å². The van der Waals surface area contributed by atoms with E-state index in [0.717, 1.165) is 22.3 Å². The molecule has 0 bridgehead atoms. The van der Waals surface area contributed by atoms with E-state index < -0.39 is 0 Å². The molecule has 28 heavy (non-hydrogen) atoms. The van der Waals surface area contributed by atoms with E-state index in [0.29, 0.717) is 28.0 Å². The van der Waals surface area contributed by atoms with Gasteiger partial charge in [0.25, 0.3) is 0 Å². The van der Waals surface area contributed by atoms with Crippen LogP contribution in [0.25, 0.3) is 28.1 Å². The van der Waals surface area contributed by atoms with E-state index in [-0.39, 0.29) is 0 Å². The number of hydrogen-bond acceptors (Lipinski definition) is 5. The number of halogens is 1. The Labute approximate surface area is 165 Å². The fourth-order valence-electron chi connectivity index (χ4n) is 3.18. The van der Waals surface area contributed by atoms with Crippen LogP contribution in [0, 0.1) is 6.92 Å². The average Bonchev–Trinajstić information content (AvgIpc) is 3.16. The lowest BCUT2D eigenvalue weighted by Gasteiger charge is -2.10. The van der Waals surface area contributed by atoms with Gasteiger partial charge in [-0.15, -0.1) is 10.2 Å². The molecular formula is C21H14ClN5O. The first-order chi connectivity index (χ1) is 13.7. The van der Waals surface area contributed by atoms with Crippen LogP contribution in [0.2, 0.25) is 5.02 Å². The molecule has 5 rings (SSSR count). The van der Waals surface area contributed by atoms with Gasteiger partial charge in [0, 0.05) is 24.0 Å². The first-order valence-electron chi connectivity index (χ1n) is 8.69. The molecule has 0 aliphatic carbocycles. The minimum Gasteiger partial charge on any atom is -0.457 e. The molecule has 5 aromatic rings. The maximum Gasteiger partial charge on any atom is 0.183 e. The zero-order valence-corrected chi connectivity index (χ0v) is 15.6. The van der Waals surface area contributed by atoms with Gasteiger partial charge in [-0.1, -0.05) is 23.7 Å². The molecule has 0 aliphatic rings. The van der Waals surface area contributed by atoms with Crippen molar-refractivity contribution in [2.24, 2.45) is 0 Å². The molecule has 136 valence electrons. The second-order valence-corrected chi connectivity index (χ2v) is 6.70. The summed E-state index contributed by atoms with van der Waals surface area (Å²) < 4.78 is 7.93. The summed E-state index contributed by atoms with van der Waals surface area (Å²) >= 11 is 6.42. The van der Waals surface area contributed by atoms with E-state index >= 15 is 0 Å². The predicted octanol–water partition coefficient (Wildman–Crippen LogP) is 5.09. The van der Waals surface area contributed by atoms with E-state index in [9.17, 15) is 0 Å². The lowest BCUT2D eigenvalue weighted by atomic mass is 10.2. The molecule has 0 radical (unpaired) electrons. The highest BCUT2D eigenvalue weighted by Crippen LogP contribution is 2.31. The number of pyridine rings is 1. The molecule has 6 nitrogen and oxygen atoms in total. The van der Waals surface area contributed by atoms with Gasteiger partial charge in [0.1, 0.15) is 11.5 Å². The minimum atomic E-state index is 0.614. The SMILES string of the molecule is Cc1nc2ccc(Oc3ccncc3)cc2n2c(-c3ccccc3Cl)nnc12. The summed E-state index contributed by atoms with van der Waals surface area (Å²) in [5, 5.41) is 9.35. The normalized spacial score (nSPS) is 11.2. The van der Waals surface area contributed by atoms with Crippen molar-refractivity contribution >= 4 is 28.3 Å². The van der Waals surface area contributed by atoms with Crippen molar-refractivity contribution in [3.63, 3.8) is 0 Å². The lowest BCUT2D eigenvalue weighted by Crippen LogP contribution is -1.98. The molecule has 0 saturated carbocycles. The van der Waals surface area contributed by atoms with Gasteiger partial charge < -0.3 is 4.74 Å². The number of benzene rings is 2. The summed E-state index contributed by atoms with van der Waals surface area (Å²) in [6.07, 6.45) is 3.38. The van der Waals surface area contributed by atoms with Crippen molar-refractivity contribution in [1.29, 1.82) is 0 Å². The summed E-state index contributed by atoms with van der Waals surface area (Å²) in [4.78, 5) is 8.67. The highest BCUT2D eigenvalue weighted by molar-refractivity contribution is 6.33. The van der Waals surface area contributed by atoms with Crippen molar-refractivity contribution in [2.75, 3.05) is 0 Å². The molecule has 0 fully saturated rings. The maximum atomic E-state index is 6.42. The topological polar surface area (TPSA) is 65.2 Å². The number of aryl methyl sites for hydroxylation is 1. The second kappa shape index (κ2) is 6.58. The highest BCUT2D eigenvalue weighted by atomic mass is 35.5. The quantitative estimate of drug-likeness (QED) is 0.431. The standard InChI is InChI=1S/C21H14ClN5O/c1-13-20-25-26-21(16-4-2-3-5-17(16)22)27(20)19-12-15(6-7-18(19)24-13)28-14-8-10-23-11-9-14/h2-12H,1H3. The van der Waals surface area contributed by atoms with Gasteiger partial charge >= 0.3 is 0 Å². The molecule has 7 heteroatoms. The van der Waals surface area contributed by atoms with Gasteiger partial charge in [0.15, 0.2) is 11.5 Å². The summed E-state index contributed by atoms with van der Waals surface area (Å²) in [7, 11) is 0. The van der Waals surface area contributed by atoms with Crippen LogP contribution < -0.4 is 4.74 Å². The summed E-state index contributed by atoms with van der Waals surface area (Å²) in [6.45, 7) is 1.92. The number of ether oxygens (including phenoxy) is 1. The molecule has 0 atom stereocenters. The minimum absolute atomic E-state index is 0.614. The lowest BCUT2D eigenvalue weighted by molar-refractivity contribution is 0.482. The molecule has 3 heterocycles. The summed E-state index contributed by atoms with van der Waals surface area (Å²) in [6, 6.07) is 16.9. The highest BCUT2D eigenvalue weighted by Gasteiger charge is 2.16. The van der Waals surface area contributed by atoms with E-state index in [2.05, 4.69) is 20.2 Å². The summed E-state index contributed by atoms with van der Waals surface area (Å²) in [5.41, 5.74) is 3.95. The molecular weight excluding hydrogens is 374 g/mol. The van der Waals surface area contributed by atoms with Crippen LogP contribution >= 0.6 is 11.6 Å². The number of nitrogens with zero attached hydrogens (tertiary/aromatic N) is 5. The van der Waals surface area contributed by atoms with E-state index in [4.69, 9.17) is 16.3 Å². The van der Waals surface area contributed by atoms with Crippen LogP contribution in [-0.4, -0.2) is 24.6 Å². The Morgan fingerprint density at radius 1 is 0.929 bits per heavy atom. The molecule has 0 saturated heterocycles. The fourth-order valence-corrected chi connectivity index (χ4v) is 3.40. The van der Waals surface area contributed by atoms with Gasteiger partial charge in [0.05, 0.1) is 21.7 Å². The molecule has 0 N–H and O–H groups in total. The number of hydrogen-bond donors (Lipinski definition) is 0. The molecule has 0 unspecified atom stereocenters. The van der Waals surface area contributed by atoms with Crippen molar-refractivity contribution in [1.82, 2.24) is 24.6 Å². The van der Waals surface area contributed by atoms with Gasteiger partial charge in [-0.25, -0.2) is 4.98 Å². The van der Waals surface area contributed by atoms with Crippen LogP contribution in [0.15, 0.2) is 67.0 Å². The number of aromatic nitrogens is 5. The Morgan fingerprint density at radius 2 is 1.75 bits per heavy atom. The summed E-state index contributed by atoms with van der Waals surface area (Å²) in [5.74, 6) is 2.06. The van der Waals surface area contributed by atoms with Crippen LogP contribution in [0.3, 0.4) is 0 Å². The van der Waals surface area contributed by atoms with Gasteiger partial charge in [-0.2, -0.15) is 0 Å². The van der Waals surface area contributed by atoms with E-state index in [1.807, 2.05) is 53.8 Å². The first kappa shape index (κ1) is 16.6. The third-order valence-corrected chi connectivity index (χ3v) is 4.79. The van der Waals surface area contributed by atoms with Gasteiger partial charge in [-0.3, -0.25) is 9.38 Å². The molecule has 3 aromatic heterocycles. The van der Waals surface area contributed by atoms with Gasteiger partial charge in [-0.05, 0) is 43.3 Å². The third-order valence-electron chi connectivity index (χ3n) is 4.46. The van der Waals surface area contributed by atoms with E-state index in [1.165, 1.54) is 0 Å². The smallest absolute Gasteiger partial charge is 0.183 e. The Balaban J connectivity index is 1.76. The second-order valence-electron chi connectivity index (χ2n) is 6.30. The number of fused-ring (bicyclic) bond motifs is 3. The Hall–Kier alpha value is -3.51. The molecule has 0 spiro atoms. The Bertz CT molecular complexity index is 1320. The van der Waals surface area contributed by atoms with Crippen molar-refractivity contribution < 1.29 is 4.74 Å².